The normalized spacial score (nSPS) is 27.9. The van der Waals surface area contributed by atoms with Gasteiger partial charge in [-0.2, -0.15) is 0 Å². The van der Waals surface area contributed by atoms with Crippen molar-refractivity contribution in [2.45, 2.75) is 19.3 Å². The Balaban J connectivity index is 1.16. The second kappa shape index (κ2) is 5.34. The Kier molecular flexibility index (Phi) is 2.79. The van der Waals surface area contributed by atoms with Crippen LogP contribution in [0.15, 0.2) is 78.9 Å². The zero-order valence-electron chi connectivity index (χ0n) is 22.5. The van der Waals surface area contributed by atoms with Gasteiger partial charge in [-0.05, 0) is 0 Å². The second-order valence-electron chi connectivity index (χ2n) is 14.9. The van der Waals surface area contributed by atoms with Crippen LogP contribution in [0, 0.1) is 0 Å². The number of aromatic nitrogens is 1. The first-order valence-electron chi connectivity index (χ1n) is 15.2. The van der Waals surface area contributed by atoms with Crippen LogP contribution in [0.4, 0.5) is 0 Å². The Morgan fingerprint density at radius 2 is 1.62 bits per heavy atom. The van der Waals surface area contributed by atoms with Crippen molar-refractivity contribution in [3.05, 3.63) is 90.0 Å². The van der Waals surface area contributed by atoms with Crippen molar-refractivity contribution in [1.29, 1.82) is 0 Å². The van der Waals surface area contributed by atoms with E-state index in [0.29, 0.717) is 6.71 Å². The first-order valence-corrected chi connectivity index (χ1v) is 20.1. The van der Waals surface area contributed by atoms with Crippen LogP contribution in [-0.2, 0) is 5.41 Å². The van der Waals surface area contributed by atoms with Crippen LogP contribution < -0.4 is 26.6 Å². The van der Waals surface area contributed by atoms with Gasteiger partial charge in [0, 0.05) is 0 Å². The molecule has 5 radical (unpaired) electrons. The fourth-order valence-corrected chi connectivity index (χ4v) is 31.0. The summed E-state index contributed by atoms with van der Waals surface area (Å²) in [5, 5.41) is 4.57. The van der Waals surface area contributed by atoms with Crippen molar-refractivity contribution in [3.8, 4) is 5.69 Å². The van der Waals surface area contributed by atoms with Gasteiger partial charge in [0.2, 0.25) is 0 Å². The Bertz CT molecular complexity index is 2190. The second-order valence-corrected chi connectivity index (χ2v) is 25.3. The summed E-state index contributed by atoms with van der Waals surface area (Å²) in [4.78, 5) is 4.75. The van der Waals surface area contributed by atoms with E-state index in [2.05, 4.69) is 118 Å². The van der Waals surface area contributed by atoms with Crippen LogP contribution >= 0.6 is 12.7 Å². The Morgan fingerprint density at radius 1 is 0.850 bits per heavy atom. The van der Waals surface area contributed by atoms with Crippen molar-refractivity contribution >= 4 is 115 Å². The molecule has 0 aliphatic carbocycles. The van der Waals surface area contributed by atoms with E-state index in [9.17, 15) is 0 Å². The molecule has 1 N–H and O–H groups in total. The summed E-state index contributed by atoms with van der Waals surface area (Å²) in [7, 11) is 2.73. The van der Waals surface area contributed by atoms with Crippen molar-refractivity contribution in [1.82, 2.24) is 9.42 Å². The van der Waals surface area contributed by atoms with E-state index < -0.39 is 12.7 Å². The van der Waals surface area contributed by atoms with Gasteiger partial charge in [-0.1, -0.05) is 0 Å². The first-order chi connectivity index (χ1) is 19.5. The van der Waals surface area contributed by atoms with Gasteiger partial charge in [0.15, 0.2) is 0 Å². The molecule has 7 saturated heterocycles. The van der Waals surface area contributed by atoms with Crippen LogP contribution in [0.1, 0.15) is 25.0 Å². The van der Waals surface area contributed by atoms with E-state index in [1.165, 1.54) is 33.0 Å². The summed E-state index contributed by atoms with van der Waals surface area (Å²) < 4.78 is 2.58. The summed E-state index contributed by atoms with van der Waals surface area (Å²) in [6.07, 6.45) is 1.04. The van der Waals surface area contributed by atoms with Gasteiger partial charge < -0.3 is 0 Å². The first kappa shape index (κ1) is 20.9. The van der Waals surface area contributed by atoms with Crippen LogP contribution in [0.25, 0.3) is 27.5 Å². The zero-order valence-corrected chi connectivity index (χ0v) is 24.3. The average molecular weight is 532 g/mol. The summed E-state index contributed by atoms with van der Waals surface area (Å²) in [6.45, 7) is 10.9. The molecule has 1 aromatic heterocycles. The summed E-state index contributed by atoms with van der Waals surface area (Å²) >= 11 is 0. The summed E-state index contributed by atoms with van der Waals surface area (Å²) in [5.41, 5.74) is 11.9. The number of rotatable bonds is 3. The van der Waals surface area contributed by atoms with E-state index in [1.54, 1.807) is 27.4 Å². The molecule has 9 aliphatic heterocycles. The number of nitrogens with one attached hydrogen (secondary N) is 1. The number of hydrogen-bond acceptors (Lipinski definition) is 1. The SMILES string of the molecule is CC1(C)c2ccc3c4ccccc4n4c3c2B(c2ccccc2-4)c2cccc(P34(NP567[B]B5B6[B-]7)B5[B-]B3B54)c21. The third-order valence-corrected chi connectivity index (χ3v) is 28.0. The average Bonchev–Trinajstić information content (AvgIpc) is 3.91. The van der Waals surface area contributed by atoms with E-state index in [0.717, 1.165) is 31.1 Å². The molecule has 1 spiro atoms. The molecular weight excluding hydrogens is 512 g/mol. The van der Waals surface area contributed by atoms with Crippen molar-refractivity contribution in [2.75, 3.05) is 0 Å². The molecule has 177 valence electrons. The van der Waals surface area contributed by atoms with Crippen LogP contribution in [0.2, 0.25) is 0 Å². The maximum atomic E-state index is 4.75. The van der Waals surface area contributed by atoms with Gasteiger partial charge in [0.25, 0.3) is 0 Å². The van der Waals surface area contributed by atoms with Gasteiger partial charge in [0.1, 0.15) is 0 Å². The van der Waals surface area contributed by atoms with E-state index in [-0.39, 0.29) is 5.41 Å². The monoisotopic (exact) mass is 533 g/mol. The number of nitrogens with zero attached hydrogens (tertiary/aromatic N) is 1. The molecule has 5 aromatic rings. The third kappa shape index (κ3) is 1.63. The third-order valence-electron chi connectivity index (χ3n) is 13.6. The van der Waals surface area contributed by atoms with Crippen LogP contribution in [0.3, 0.4) is 0 Å². The molecule has 40 heavy (non-hydrogen) atoms. The van der Waals surface area contributed by atoms with Crippen LogP contribution in [-0.4, -0.2) is 63.2 Å². The fraction of sp³-hybridized carbons (Fsp3) is 0.111. The van der Waals surface area contributed by atoms with E-state index in [4.69, 9.17) is 4.86 Å². The molecule has 0 unspecified atom stereocenters. The number of hydrogen-bond donors (Lipinski definition) is 1. The zero-order chi connectivity index (χ0) is 25.8. The van der Waals surface area contributed by atoms with Crippen molar-refractivity contribution < 1.29 is 0 Å². The topological polar surface area (TPSA) is 17.0 Å². The maximum absolute atomic E-state index is 4.75. The molecule has 4 aromatic carbocycles. The number of para-hydroxylation sites is 2. The quantitative estimate of drug-likeness (QED) is 0.271. The molecule has 2 nitrogen and oxygen atoms in total. The molecule has 2 bridgehead atoms. The van der Waals surface area contributed by atoms with Gasteiger partial charge >= 0.3 is 239 Å². The number of fused-ring (bicyclic) bond motifs is 9. The van der Waals surface area contributed by atoms with Gasteiger partial charge in [-0.15, -0.1) is 0 Å². The van der Waals surface area contributed by atoms with Gasteiger partial charge in [0.05, 0.1) is 0 Å². The van der Waals surface area contributed by atoms with E-state index >= 15 is 0 Å². The molecule has 7 fully saturated rings. The van der Waals surface area contributed by atoms with Gasteiger partial charge in [-0.3, -0.25) is 0 Å². The summed E-state index contributed by atoms with van der Waals surface area (Å²) in [6, 6.07) is 30.8. The standard InChI is InChI=1S/C27H20B9N2P2/c1-27(2)18-15-14-17-16-8-3-5-11-21(16)38-22-12-6-4-9-19(22)31(25(18)26(17)38)20-10-7-13-23(24(20)27)39(32-28-33(39)36(32)39)37-40-29-34(40)35(40)30-40/h3-15,37H,1-2H3/q-2. The van der Waals surface area contributed by atoms with E-state index in [1.807, 2.05) is 0 Å². The Hall–Kier alpha value is -1.92. The predicted octanol–water partition coefficient (Wildman–Crippen LogP) is 1.61. The predicted molar refractivity (Wildman–Crippen MR) is 187 cm³/mol. The van der Waals surface area contributed by atoms with Crippen molar-refractivity contribution in [2.24, 2.45) is 0 Å². The molecule has 13 heteroatoms. The van der Waals surface area contributed by atoms with Gasteiger partial charge in [-0.25, -0.2) is 0 Å². The summed E-state index contributed by atoms with van der Waals surface area (Å²) in [5.74, 6) is 0. The molecule has 0 amide bonds. The molecule has 9 aliphatic rings. The molecule has 0 saturated carbocycles. The Labute approximate surface area is 238 Å². The van der Waals surface area contributed by atoms with Crippen molar-refractivity contribution in [3.63, 3.8) is 0 Å². The number of benzene rings is 4. The van der Waals surface area contributed by atoms with Crippen LogP contribution in [0.5, 0.6) is 0 Å². The molecule has 14 rings (SSSR count). The molecular formula is C27H20B9N2P2-2. The minimum absolute atomic E-state index is 0.0329. The minimum atomic E-state index is -2.04. The Morgan fingerprint density at radius 3 is 2.38 bits per heavy atom. The molecule has 10 heterocycles. The molecule has 0 atom stereocenters. The fourth-order valence-electron chi connectivity index (χ4n) is 11.3.